The first-order valence-corrected chi connectivity index (χ1v) is 7.05. The van der Waals surface area contributed by atoms with Gasteiger partial charge in [0.15, 0.2) is 5.82 Å². The van der Waals surface area contributed by atoms with Crippen molar-refractivity contribution < 1.29 is 0 Å². The summed E-state index contributed by atoms with van der Waals surface area (Å²) in [7, 11) is 1.85. The summed E-state index contributed by atoms with van der Waals surface area (Å²) in [6, 6.07) is 0. The fourth-order valence-electron chi connectivity index (χ4n) is 2.30. The molecule has 1 saturated heterocycles. The third-order valence-corrected chi connectivity index (χ3v) is 3.31. The predicted octanol–water partition coefficient (Wildman–Crippen LogP) is -0.163. The van der Waals surface area contributed by atoms with Gasteiger partial charge in [-0.3, -0.25) is 4.68 Å². The van der Waals surface area contributed by atoms with Crippen molar-refractivity contribution in [2.45, 2.75) is 19.3 Å². The zero-order valence-corrected chi connectivity index (χ0v) is 12.0. The second kappa shape index (κ2) is 5.90. The Labute approximate surface area is 122 Å². The highest BCUT2D eigenvalue weighted by Crippen LogP contribution is 2.17. The third-order valence-electron chi connectivity index (χ3n) is 3.31. The van der Waals surface area contributed by atoms with Gasteiger partial charge in [0, 0.05) is 33.1 Å². The lowest BCUT2D eigenvalue weighted by molar-refractivity contribution is 0.741. The van der Waals surface area contributed by atoms with Crippen LogP contribution in [0.5, 0.6) is 0 Å². The molecule has 0 radical (unpaired) electrons. The number of aryl methyl sites for hydroxylation is 1. The van der Waals surface area contributed by atoms with Crippen LogP contribution in [-0.2, 0) is 13.5 Å². The Bertz CT molecular complexity index is 603. The van der Waals surface area contributed by atoms with Crippen LogP contribution in [0, 0.1) is 0 Å². The Morgan fingerprint density at radius 1 is 1.24 bits per heavy atom. The maximum atomic E-state index is 5.76. The van der Waals surface area contributed by atoms with E-state index >= 15 is 0 Å². The lowest BCUT2D eigenvalue weighted by atomic mass is 10.4. The number of hydrogen-bond donors (Lipinski definition) is 2. The standard InChI is InChI=1S/C12H19N9/c1-20-8-15-9(19-20)4-5-14-11-16-10(13)17-12(18-11)21-6-2-3-7-21/h8H,2-7H2,1H3,(H3,13,14,16,17,18). The fraction of sp³-hybridized carbons (Fsp3) is 0.583. The SMILES string of the molecule is Cn1cnc(CCNc2nc(N)nc(N3CCCC3)n2)n1. The van der Waals surface area contributed by atoms with Crippen molar-refractivity contribution in [1.29, 1.82) is 0 Å². The van der Waals surface area contributed by atoms with E-state index in [0.29, 0.717) is 24.9 Å². The molecule has 9 heteroatoms. The van der Waals surface area contributed by atoms with Gasteiger partial charge < -0.3 is 16.0 Å². The molecule has 3 N–H and O–H groups in total. The molecule has 0 atom stereocenters. The molecule has 0 aliphatic carbocycles. The Hall–Kier alpha value is -2.45. The zero-order chi connectivity index (χ0) is 14.7. The fourth-order valence-corrected chi connectivity index (χ4v) is 2.30. The van der Waals surface area contributed by atoms with Gasteiger partial charge in [-0.05, 0) is 12.8 Å². The Kier molecular flexibility index (Phi) is 3.80. The van der Waals surface area contributed by atoms with Crippen LogP contribution in [0.25, 0.3) is 0 Å². The summed E-state index contributed by atoms with van der Waals surface area (Å²) < 4.78 is 1.68. The van der Waals surface area contributed by atoms with E-state index in [2.05, 4.69) is 35.3 Å². The van der Waals surface area contributed by atoms with E-state index in [-0.39, 0.29) is 5.95 Å². The minimum atomic E-state index is 0.241. The van der Waals surface area contributed by atoms with E-state index in [1.165, 1.54) is 12.8 Å². The average Bonchev–Trinajstić information content (AvgIpc) is 3.10. The van der Waals surface area contributed by atoms with Crippen molar-refractivity contribution in [3.63, 3.8) is 0 Å². The van der Waals surface area contributed by atoms with Crippen LogP contribution in [0.1, 0.15) is 18.7 Å². The van der Waals surface area contributed by atoms with Gasteiger partial charge in [-0.1, -0.05) is 0 Å². The van der Waals surface area contributed by atoms with Crippen molar-refractivity contribution in [2.24, 2.45) is 7.05 Å². The highest BCUT2D eigenvalue weighted by molar-refractivity contribution is 5.42. The molecule has 112 valence electrons. The number of nitrogens with two attached hydrogens (primary N) is 1. The van der Waals surface area contributed by atoms with Crippen molar-refractivity contribution in [3.05, 3.63) is 12.2 Å². The van der Waals surface area contributed by atoms with Gasteiger partial charge in [0.25, 0.3) is 0 Å². The molecule has 0 aromatic carbocycles. The topological polar surface area (TPSA) is 111 Å². The summed E-state index contributed by atoms with van der Waals surface area (Å²) >= 11 is 0. The number of anilines is 3. The number of nitrogens with zero attached hydrogens (tertiary/aromatic N) is 7. The van der Waals surface area contributed by atoms with Crippen LogP contribution >= 0.6 is 0 Å². The molecule has 1 fully saturated rings. The lowest BCUT2D eigenvalue weighted by Gasteiger charge is -2.15. The minimum Gasteiger partial charge on any atom is -0.368 e. The van der Waals surface area contributed by atoms with E-state index in [1.54, 1.807) is 11.0 Å². The summed E-state index contributed by atoms with van der Waals surface area (Å²) in [6.45, 7) is 2.59. The van der Waals surface area contributed by atoms with Crippen LogP contribution in [0.4, 0.5) is 17.8 Å². The average molecular weight is 289 g/mol. The molecule has 1 aliphatic rings. The van der Waals surface area contributed by atoms with Crippen molar-refractivity contribution in [3.8, 4) is 0 Å². The second-order valence-corrected chi connectivity index (χ2v) is 5.02. The Morgan fingerprint density at radius 3 is 2.76 bits per heavy atom. The molecular formula is C12H19N9. The smallest absolute Gasteiger partial charge is 0.231 e. The van der Waals surface area contributed by atoms with Crippen LogP contribution < -0.4 is 16.0 Å². The first kappa shape index (κ1) is 13.5. The second-order valence-electron chi connectivity index (χ2n) is 5.02. The molecule has 2 aromatic heterocycles. The highest BCUT2D eigenvalue weighted by atomic mass is 15.3. The number of aromatic nitrogens is 6. The molecule has 0 saturated carbocycles. The van der Waals surface area contributed by atoms with E-state index in [1.807, 2.05) is 7.05 Å². The molecule has 21 heavy (non-hydrogen) atoms. The summed E-state index contributed by atoms with van der Waals surface area (Å²) in [6.07, 6.45) is 4.71. The van der Waals surface area contributed by atoms with Gasteiger partial charge in [0.05, 0.1) is 0 Å². The van der Waals surface area contributed by atoms with Crippen LogP contribution in [0.3, 0.4) is 0 Å². The number of hydrogen-bond acceptors (Lipinski definition) is 8. The van der Waals surface area contributed by atoms with E-state index in [4.69, 9.17) is 5.73 Å². The molecule has 0 bridgehead atoms. The van der Waals surface area contributed by atoms with Gasteiger partial charge in [-0.15, -0.1) is 0 Å². The molecule has 0 unspecified atom stereocenters. The van der Waals surface area contributed by atoms with Gasteiger partial charge >= 0.3 is 0 Å². The van der Waals surface area contributed by atoms with Gasteiger partial charge in [-0.25, -0.2) is 4.98 Å². The molecule has 0 amide bonds. The molecule has 9 nitrogen and oxygen atoms in total. The number of nitrogen functional groups attached to an aromatic ring is 1. The largest absolute Gasteiger partial charge is 0.368 e. The molecule has 3 rings (SSSR count). The summed E-state index contributed by atoms with van der Waals surface area (Å²) in [5.41, 5.74) is 5.76. The van der Waals surface area contributed by atoms with Crippen LogP contribution in [-0.4, -0.2) is 49.4 Å². The van der Waals surface area contributed by atoms with Crippen molar-refractivity contribution in [1.82, 2.24) is 29.7 Å². The Morgan fingerprint density at radius 2 is 2.05 bits per heavy atom. The molecular weight excluding hydrogens is 270 g/mol. The first-order chi connectivity index (χ1) is 10.2. The van der Waals surface area contributed by atoms with Crippen molar-refractivity contribution in [2.75, 3.05) is 35.6 Å². The first-order valence-electron chi connectivity index (χ1n) is 7.05. The van der Waals surface area contributed by atoms with Crippen LogP contribution in [0.2, 0.25) is 0 Å². The minimum absolute atomic E-state index is 0.241. The lowest BCUT2D eigenvalue weighted by Crippen LogP contribution is -2.22. The highest BCUT2D eigenvalue weighted by Gasteiger charge is 2.16. The van der Waals surface area contributed by atoms with Gasteiger partial charge in [0.1, 0.15) is 6.33 Å². The zero-order valence-electron chi connectivity index (χ0n) is 12.0. The quantitative estimate of drug-likeness (QED) is 0.781. The molecule has 1 aliphatic heterocycles. The third kappa shape index (κ3) is 3.36. The monoisotopic (exact) mass is 289 g/mol. The van der Waals surface area contributed by atoms with Gasteiger partial charge in [-0.2, -0.15) is 20.1 Å². The van der Waals surface area contributed by atoms with Crippen molar-refractivity contribution >= 4 is 17.8 Å². The predicted molar refractivity (Wildman–Crippen MR) is 78.9 cm³/mol. The molecule has 2 aromatic rings. The number of rotatable bonds is 5. The summed E-state index contributed by atoms with van der Waals surface area (Å²) in [5, 5.41) is 7.37. The number of nitrogens with one attached hydrogen (secondary N) is 1. The van der Waals surface area contributed by atoms with E-state index in [9.17, 15) is 0 Å². The maximum Gasteiger partial charge on any atom is 0.231 e. The molecule has 3 heterocycles. The summed E-state index contributed by atoms with van der Waals surface area (Å²) in [4.78, 5) is 19.0. The Balaban J connectivity index is 1.61. The van der Waals surface area contributed by atoms with E-state index < -0.39 is 0 Å². The van der Waals surface area contributed by atoms with Gasteiger partial charge in [0.2, 0.25) is 17.8 Å². The summed E-state index contributed by atoms with van der Waals surface area (Å²) in [5.74, 6) is 2.18. The molecule has 0 spiro atoms. The maximum absolute atomic E-state index is 5.76. The normalized spacial score (nSPS) is 14.6. The van der Waals surface area contributed by atoms with Crippen LogP contribution in [0.15, 0.2) is 6.33 Å². The van der Waals surface area contributed by atoms with E-state index in [0.717, 1.165) is 18.9 Å².